The summed E-state index contributed by atoms with van der Waals surface area (Å²) in [6, 6.07) is 15.9. The van der Waals surface area contributed by atoms with E-state index in [9.17, 15) is 0 Å². The Morgan fingerprint density at radius 2 is 2.04 bits per heavy atom. The number of hydrogen-bond donors (Lipinski definition) is 1. The Balaban J connectivity index is 1.81. The number of aromatic nitrogens is 4. The molecule has 4 rings (SSSR count). The van der Waals surface area contributed by atoms with Gasteiger partial charge in [-0.1, -0.05) is 45.3 Å². The number of fused-ring (bicyclic) bond motifs is 1. The Kier molecular flexibility index (Phi) is 3.78. The minimum atomic E-state index is -0.0880. The monoisotopic (exact) mass is 383 g/mol. The Bertz CT molecular complexity index is 921. The molecule has 1 aliphatic rings. The van der Waals surface area contributed by atoms with Gasteiger partial charge in [-0.25, -0.2) is 0 Å². The zero-order valence-corrected chi connectivity index (χ0v) is 14.4. The molecule has 2 aromatic carbocycles. The van der Waals surface area contributed by atoms with Crippen LogP contribution < -0.4 is 10.1 Å². The lowest BCUT2D eigenvalue weighted by Crippen LogP contribution is -2.20. The first-order chi connectivity index (χ1) is 11.7. The number of methoxy groups -OCH3 is 1. The summed E-state index contributed by atoms with van der Waals surface area (Å²) >= 11 is 3.52. The van der Waals surface area contributed by atoms with E-state index in [0.717, 1.165) is 27.0 Å². The van der Waals surface area contributed by atoms with Crippen molar-refractivity contribution >= 4 is 27.6 Å². The molecule has 1 aliphatic heterocycles. The summed E-state index contributed by atoms with van der Waals surface area (Å²) in [6.45, 7) is 0. The van der Waals surface area contributed by atoms with Gasteiger partial charge < -0.3 is 10.1 Å². The predicted molar refractivity (Wildman–Crippen MR) is 94.7 cm³/mol. The predicted octanol–water partition coefficient (Wildman–Crippen LogP) is 3.50. The summed E-state index contributed by atoms with van der Waals surface area (Å²) in [4.78, 5) is 0. The fourth-order valence-corrected chi connectivity index (χ4v) is 3.16. The van der Waals surface area contributed by atoms with Crippen LogP contribution in [0.15, 0.2) is 59.1 Å². The molecule has 0 saturated heterocycles. The van der Waals surface area contributed by atoms with Crippen molar-refractivity contribution in [2.45, 2.75) is 6.04 Å². The molecule has 0 aliphatic carbocycles. The van der Waals surface area contributed by atoms with Crippen molar-refractivity contribution in [1.82, 2.24) is 20.2 Å². The number of tetrazole rings is 1. The largest absolute Gasteiger partial charge is 0.497 e. The van der Waals surface area contributed by atoms with Crippen LogP contribution in [-0.2, 0) is 0 Å². The van der Waals surface area contributed by atoms with Gasteiger partial charge in [-0.2, -0.15) is 4.68 Å². The zero-order valence-electron chi connectivity index (χ0n) is 12.8. The van der Waals surface area contributed by atoms with Gasteiger partial charge >= 0.3 is 0 Å². The summed E-state index contributed by atoms with van der Waals surface area (Å²) in [5.74, 6) is 1.42. The van der Waals surface area contributed by atoms with Crippen molar-refractivity contribution in [2.75, 3.05) is 12.4 Å². The van der Waals surface area contributed by atoms with Crippen LogP contribution in [0.25, 0.3) is 5.70 Å². The molecule has 1 N–H and O–H groups in total. The molecular formula is C17H14BrN5O. The third kappa shape index (κ3) is 2.67. The van der Waals surface area contributed by atoms with Crippen molar-refractivity contribution in [3.05, 3.63) is 70.2 Å². The third-order valence-electron chi connectivity index (χ3n) is 3.90. The first kappa shape index (κ1) is 14.9. The lowest BCUT2D eigenvalue weighted by Gasteiger charge is -2.23. The van der Waals surface area contributed by atoms with Crippen LogP contribution in [0.4, 0.5) is 5.95 Å². The molecule has 7 heteroatoms. The van der Waals surface area contributed by atoms with E-state index >= 15 is 0 Å². The van der Waals surface area contributed by atoms with Crippen LogP contribution >= 0.6 is 15.9 Å². The van der Waals surface area contributed by atoms with Gasteiger partial charge in [0.2, 0.25) is 5.95 Å². The van der Waals surface area contributed by atoms with Crippen molar-refractivity contribution in [1.29, 1.82) is 0 Å². The minimum Gasteiger partial charge on any atom is -0.497 e. The molecule has 2 heterocycles. The van der Waals surface area contributed by atoms with Crippen LogP contribution in [0, 0.1) is 0 Å². The average molecular weight is 384 g/mol. The third-order valence-corrected chi connectivity index (χ3v) is 4.39. The highest BCUT2D eigenvalue weighted by Gasteiger charge is 2.24. The molecule has 120 valence electrons. The lowest BCUT2D eigenvalue weighted by molar-refractivity contribution is 0.414. The van der Waals surface area contributed by atoms with Crippen LogP contribution in [0.1, 0.15) is 17.2 Å². The highest BCUT2D eigenvalue weighted by molar-refractivity contribution is 9.10. The van der Waals surface area contributed by atoms with Crippen molar-refractivity contribution < 1.29 is 4.74 Å². The van der Waals surface area contributed by atoms with E-state index in [1.807, 2.05) is 36.4 Å². The molecule has 0 radical (unpaired) electrons. The second-order valence-corrected chi connectivity index (χ2v) is 6.30. The maximum absolute atomic E-state index is 5.32. The fourth-order valence-electron chi connectivity index (χ4n) is 2.74. The second kappa shape index (κ2) is 6.09. The van der Waals surface area contributed by atoms with E-state index in [1.165, 1.54) is 0 Å². The summed E-state index contributed by atoms with van der Waals surface area (Å²) in [6.07, 6.45) is 2.11. The second-order valence-electron chi connectivity index (χ2n) is 5.38. The summed E-state index contributed by atoms with van der Waals surface area (Å²) in [7, 11) is 1.66. The first-order valence-corrected chi connectivity index (χ1v) is 8.20. The van der Waals surface area contributed by atoms with Crippen LogP contribution in [0.3, 0.4) is 0 Å². The molecule has 0 spiro atoms. The number of allylic oxidation sites excluding steroid dienone is 1. The van der Waals surface area contributed by atoms with E-state index in [4.69, 9.17) is 4.74 Å². The molecule has 0 amide bonds. The van der Waals surface area contributed by atoms with Gasteiger partial charge in [-0.15, -0.1) is 0 Å². The van der Waals surface area contributed by atoms with Crippen LogP contribution in [0.2, 0.25) is 0 Å². The van der Waals surface area contributed by atoms with Crippen LogP contribution in [0.5, 0.6) is 5.75 Å². The lowest BCUT2D eigenvalue weighted by atomic mass is 10.0. The van der Waals surface area contributed by atoms with Gasteiger partial charge in [0.15, 0.2) is 0 Å². The minimum absolute atomic E-state index is 0.0880. The highest BCUT2D eigenvalue weighted by atomic mass is 79.9. The maximum atomic E-state index is 5.32. The van der Waals surface area contributed by atoms with E-state index in [-0.39, 0.29) is 6.04 Å². The summed E-state index contributed by atoms with van der Waals surface area (Å²) < 4.78 is 8.11. The van der Waals surface area contributed by atoms with Gasteiger partial charge in [0.25, 0.3) is 0 Å². The molecule has 0 fully saturated rings. The van der Waals surface area contributed by atoms with Crippen LogP contribution in [-0.4, -0.2) is 27.3 Å². The molecule has 1 atom stereocenters. The Labute approximate surface area is 147 Å². The Morgan fingerprint density at radius 3 is 2.88 bits per heavy atom. The molecule has 0 bridgehead atoms. The van der Waals surface area contributed by atoms with Crippen molar-refractivity contribution in [3.8, 4) is 5.75 Å². The number of halogens is 1. The number of benzene rings is 2. The standard InChI is InChI=1S/C17H14BrN5O/c1-24-14-7-3-4-11(9-14)15-10-16(12-5-2-6-13(18)8-12)23-17(19-15)20-21-22-23/h2-10,16H,1H3,(H,19,20,22). The Hall–Kier alpha value is -2.67. The molecular weight excluding hydrogens is 370 g/mol. The molecule has 24 heavy (non-hydrogen) atoms. The summed E-state index contributed by atoms with van der Waals surface area (Å²) in [5, 5.41) is 15.3. The Morgan fingerprint density at radius 1 is 1.17 bits per heavy atom. The number of nitrogens with one attached hydrogen (secondary N) is 1. The topological polar surface area (TPSA) is 64.9 Å². The molecule has 1 unspecified atom stereocenters. The fraction of sp³-hybridized carbons (Fsp3) is 0.118. The quantitative estimate of drug-likeness (QED) is 0.749. The molecule has 6 nitrogen and oxygen atoms in total. The molecule has 0 saturated carbocycles. The van der Waals surface area contributed by atoms with Gasteiger partial charge in [0, 0.05) is 15.7 Å². The van der Waals surface area contributed by atoms with Gasteiger partial charge in [-0.3, -0.25) is 0 Å². The van der Waals surface area contributed by atoms with Crippen molar-refractivity contribution in [3.63, 3.8) is 0 Å². The van der Waals surface area contributed by atoms with E-state index in [2.05, 4.69) is 55.0 Å². The van der Waals surface area contributed by atoms with E-state index in [1.54, 1.807) is 11.8 Å². The zero-order chi connectivity index (χ0) is 16.5. The number of anilines is 1. The van der Waals surface area contributed by atoms with Crippen molar-refractivity contribution in [2.24, 2.45) is 0 Å². The summed E-state index contributed by atoms with van der Waals surface area (Å²) in [5.41, 5.74) is 3.06. The normalized spacial score (nSPS) is 16.1. The molecule has 1 aromatic heterocycles. The number of nitrogens with zero attached hydrogens (tertiary/aromatic N) is 4. The van der Waals surface area contributed by atoms with E-state index < -0.39 is 0 Å². The smallest absolute Gasteiger partial charge is 0.248 e. The number of rotatable bonds is 3. The molecule has 3 aromatic rings. The maximum Gasteiger partial charge on any atom is 0.248 e. The highest BCUT2D eigenvalue weighted by Crippen LogP contribution is 2.33. The SMILES string of the molecule is COc1cccc(C2=CC(c3cccc(Br)c3)n3nnnc3N2)c1. The van der Waals surface area contributed by atoms with Gasteiger partial charge in [0.1, 0.15) is 11.8 Å². The first-order valence-electron chi connectivity index (χ1n) is 7.41. The average Bonchev–Trinajstić information content (AvgIpc) is 3.09. The van der Waals surface area contributed by atoms with Gasteiger partial charge in [-0.05, 0) is 46.3 Å². The van der Waals surface area contributed by atoms with E-state index in [0.29, 0.717) is 5.95 Å². The number of hydrogen-bond acceptors (Lipinski definition) is 5. The number of ether oxygens (including phenoxy) is 1. The van der Waals surface area contributed by atoms with Gasteiger partial charge in [0.05, 0.1) is 7.11 Å².